The second-order valence-electron chi connectivity index (χ2n) is 5.55. The normalized spacial score (nSPS) is 21.0. The van der Waals surface area contributed by atoms with E-state index in [0.717, 1.165) is 9.87 Å². The van der Waals surface area contributed by atoms with Crippen molar-refractivity contribution < 1.29 is 17.9 Å². The first-order valence-electron chi connectivity index (χ1n) is 7.37. The summed E-state index contributed by atoms with van der Waals surface area (Å²) >= 11 is 0. The van der Waals surface area contributed by atoms with Gasteiger partial charge < -0.3 is 4.74 Å². The predicted octanol–water partition coefficient (Wildman–Crippen LogP) is 2.64. The molecule has 1 aromatic carbocycles. The standard InChI is InChI=1S/C17H21NO4S/c1-4-5-14-10-11-18(16(12-14)17(19)22-3)23(20,21)15-8-6-13(2)7-9-15/h4,6-11,14,16H,1,5,12H2,2-3H3/t14-,16+/m1/s1. The topological polar surface area (TPSA) is 63.7 Å². The highest BCUT2D eigenvalue weighted by Crippen LogP contribution is 2.29. The number of hydrogen-bond donors (Lipinski definition) is 0. The third-order valence-corrected chi connectivity index (χ3v) is 5.68. The van der Waals surface area contributed by atoms with Crippen molar-refractivity contribution in [2.75, 3.05) is 7.11 Å². The lowest BCUT2D eigenvalue weighted by Crippen LogP contribution is -2.45. The van der Waals surface area contributed by atoms with Gasteiger partial charge in [0.25, 0.3) is 10.0 Å². The molecular formula is C17H21NO4S. The van der Waals surface area contributed by atoms with Crippen molar-refractivity contribution in [1.29, 1.82) is 0 Å². The van der Waals surface area contributed by atoms with Gasteiger partial charge in [0.1, 0.15) is 6.04 Å². The summed E-state index contributed by atoms with van der Waals surface area (Å²) in [4.78, 5) is 12.2. The maximum absolute atomic E-state index is 12.8. The van der Waals surface area contributed by atoms with Gasteiger partial charge in [-0.3, -0.25) is 4.31 Å². The Balaban J connectivity index is 2.40. The Bertz CT molecular complexity index is 707. The van der Waals surface area contributed by atoms with Crippen molar-refractivity contribution >= 4 is 16.0 Å². The van der Waals surface area contributed by atoms with E-state index in [2.05, 4.69) is 6.58 Å². The molecule has 0 amide bonds. The Morgan fingerprint density at radius 3 is 2.61 bits per heavy atom. The summed E-state index contributed by atoms with van der Waals surface area (Å²) in [6.45, 7) is 5.57. The second kappa shape index (κ2) is 7.00. The molecule has 0 fully saturated rings. The summed E-state index contributed by atoms with van der Waals surface area (Å²) < 4.78 is 31.6. The highest BCUT2D eigenvalue weighted by molar-refractivity contribution is 7.89. The van der Waals surface area contributed by atoms with Gasteiger partial charge in [-0.05, 0) is 37.8 Å². The van der Waals surface area contributed by atoms with Crippen LogP contribution < -0.4 is 0 Å². The summed E-state index contributed by atoms with van der Waals surface area (Å²) in [5.41, 5.74) is 0.966. The molecule has 0 N–H and O–H groups in total. The van der Waals surface area contributed by atoms with Gasteiger partial charge in [-0.2, -0.15) is 0 Å². The van der Waals surface area contributed by atoms with E-state index >= 15 is 0 Å². The maximum Gasteiger partial charge on any atom is 0.329 e. The van der Waals surface area contributed by atoms with Crippen LogP contribution in [0.15, 0.2) is 54.1 Å². The quantitative estimate of drug-likeness (QED) is 0.613. The lowest BCUT2D eigenvalue weighted by atomic mass is 9.94. The molecule has 0 radical (unpaired) electrons. The van der Waals surface area contributed by atoms with Gasteiger partial charge in [-0.1, -0.05) is 29.8 Å². The minimum absolute atomic E-state index is 0.0704. The van der Waals surface area contributed by atoms with Crippen LogP contribution in [0.4, 0.5) is 0 Å². The second-order valence-corrected chi connectivity index (χ2v) is 7.39. The Labute approximate surface area is 137 Å². The first-order valence-corrected chi connectivity index (χ1v) is 8.81. The highest BCUT2D eigenvalue weighted by Gasteiger charge is 2.37. The van der Waals surface area contributed by atoms with Gasteiger partial charge in [-0.15, -0.1) is 6.58 Å². The van der Waals surface area contributed by atoms with Crippen LogP contribution in [0.25, 0.3) is 0 Å². The van der Waals surface area contributed by atoms with Crippen molar-refractivity contribution in [1.82, 2.24) is 4.31 Å². The molecule has 1 heterocycles. The molecule has 0 aliphatic carbocycles. The molecule has 2 rings (SSSR count). The number of benzene rings is 1. The Morgan fingerprint density at radius 2 is 2.04 bits per heavy atom. The monoisotopic (exact) mass is 335 g/mol. The fourth-order valence-corrected chi connectivity index (χ4v) is 4.05. The van der Waals surface area contributed by atoms with Crippen LogP contribution in [-0.2, 0) is 19.6 Å². The zero-order valence-electron chi connectivity index (χ0n) is 13.3. The number of aryl methyl sites for hydroxylation is 1. The molecule has 124 valence electrons. The van der Waals surface area contributed by atoms with Crippen LogP contribution in [0.3, 0.4) is 0 Å². The highest BCUT2D eigenvalue weighted by atomic mass is 32.2. The largest absolute Gasteiger partial charge is 0.467 e. The maximum atomic E-state index is 12.8. The number of ether oxygens (including phenoxy) is 1. The number of carbonyl (C=O) groups excluding carboxylic acids is 1. The number of nitrogens with zero attached hydrogens (tertiary/aromatic N) is 1. The van der Waals surface area contributed by atoms with E-state index in [0.29, 0.717) is 12.8 Å². The van der Waals surface area contributed by atoms with Gasteiger partial charge >= 0.3 is 5.97 Å². The number of rotatable bonds is 5. The number of methoxy groups -OCH3 is 1. The van der Waals surface area contributed by atoms with E-state index in [1.807, 2.05) is 6.92 Å². The molecule has 23 heavy (non-hydrogen) atoms. The third kappa shape index (κ3) is 3.64. The fourth-order valence-electron chi connectivity index (χ4n) is 2.58. The molecule has 0 unspecified atom stereocenters. The van der Waals surface area contributed by atoms with E-state index in [9.17, 15) is 13.2 Å². The number of esters is 1. The number of allylic oxidation sites excluding steroid dienone is 2. The molecule has 1 aliphatic rings. The number of hydrogen-bond acceptors (Lipinski definition) is 4. The van der Waals surface area contributed by atoms with Crippen molar-refractivity contribution in [2.45, 2.75) is 30.7 Å². The molecule has 0 saturated heterocycles. The summed E-state index contributed by atoms with van der Waals surface area (Å²) in [6.07, 6.45) is 6.08. The molecule has 0 aromatic heterocycles. The first kappa shape index (κ1) is 17.3. The number of carbonyl (C=O) groups is 1. The third-order valence-electron chi connectivity index (χ3n) is 3.88. The molecule has 2 atom stereocenters. The number of sulfonamides is 1. The van der Waals surface area contributed by atoms with Crippen molar-refractivity contribution in [2.24, 2.45) is 5.92 Å². The molecular weight excluding hydrogens is 314 g/mol. The van der Waals surface area contributed by atoms with Crippen LogP contribution >= 0.6 is 0 Å². The predicted molar refractivity (Wildman–Crippen MR) is 88.1 cm³/mol. The van der Waals surface area contributed by atoms with Crippen molar-refractivity contribution in [3.63, 3.8) is 0 Å². The zero-order valence-corrected chi connectivity index (χ0v) is 14.1. The van der Waals surface area contributed by atoms with E-state index in [-0.39, 0.29) is 10.8 Å². The molecule has 1 aromatic rings. The van der Waals surface area contributed by atoms with E-state index in [1.54, 1.807) is 36.4 Å². The lowest BCUT2D eigenvalue weighted by molar-refractivity contribution is -0.145. The molecule has 0 bridgehead atoms. The molecule has 1 aliphatic heterocycles. The van der Waals surface area contributed by atoms with Crippen LogP contribution in [0.5, 0.6) is 0 Å². The van der Waals surface area contributed by atoms with Crippen LogP contribution in [0, 0.1) is 12.8 Å². The van der Waals surface area contributed by atoms with Crippen LogP contribution in [0.1, 0.15) is 18.4 Å². The Hall–Kier alpha value is -2.08. The minimum Gasteiger partial charge on any atom is -0.467 e. The SMILES string of the molecule is C=CC[C@@H]1C=CN(S(=O)(=O)c2ccc(C)cc2)[C@H](C(=O)OC)C1. The minimum atomic E-state index is -3.80. The van der Waals surface area contributed by atoms with E-state index in [1.165, 1.54) is 13.3 Å². The summed E-state index contributed by atoms with van der Waals surface area (Å²) in [5, 5.41) is 0. The van der Waals surface area contributed by atoms with Crippen LogP contribution in [-0.4, -0.2) is 31.8 Å². The molecule has 0 spiro atoms. The van der Waals surface area contributed by atoms with E-state index < -0.39 is 22.0 Å². The summed E-state index contributed by atoms with van der Waals surface area (Å²) in [5.74, 6) is -0.486. The van der Waals surface area contributed by atoms with Crippen molar-refractivity contribution in [3.05, 3.63) is 54.8 Å². The Kier molecular flexibility index (Phi) is 5.26. The summed E-state index contributed by atoms with van der Waals surface area (Å²) in [6, 6.07) is 5.69. The molecule has 6 heteroatoms. The molecule has 0 saturated carbocycles. The average molecular weight is 335 g/mol. The summed E-state index contributed by atoms with van der Waals surface area (Å²) in [7, 11) is -2.54. The molecule has 5 nitrogen and oxygen atoms in total. The van der Waals surface area contributed by atoms with Gasteiger partial charge in [0.15, 0.2) is 0 Å². The lowest BCUT2D eigenvalue weighted by Gasteiger charge is -2.33. The first-order chi connectivity index (χ1) is 10.9. The van der Waals surface area contributed by atoms with Gasteiger partial charge in [0.05, 0.1) is 12.0 Å². The smallest absolute Gasteiger partial charge is 0.329 e. The average Bonchev–Trinajstić information content (AvgIpc) is 2.54. The van der Waals surface area contributed by atoms with Gasteiger partial charge in [-0.25, -0.2) is 13.2 Å². The van der Waals surface area contributed by atoms with Gasteiger partial charge in [0.2, 0.25) is 0 Å². The zero-order chi connectivity index (χ0) is 17.0. The van der Waals surface area contributed by atoms with Gasteiger partial charge in [0, 0.05) is 6.20 Å². The van der Waals surface area contributed by atoms with Crippen molar-refractivity contribution in [3.8, 4) is 0 Å². The van der Waals surface area contributed by atoms with E-state index in [4.69, 9.17) is 4.74 Å². The van der Waals surface area contributed by atoms with Crippen LogP contribution in [0.2, 0.25) is 0 Å². The fraction of sp³-hybridized carbons (Fsp3) is 0.353. The Morgan fingerprint density at radius 1 is 1.39 bits per heavy atom.